The van der Waals surface area contributed by atoms with Crippen molar-refractivity contribution in [2.45, 2.75) is 52.4 Å². The second-order valence-corrected chi connectivity index (χ2v) is 8.14. The topological polar surface area (TPSA) is 40.5 Å². The minimum atomic E-state index is -0.151. The van der Waals surface area contributed by atoms with Crippen molar-refractivity contribution in [1.82, 2.24) is 0 Å². The number of halogens is 1. The number of aliphatic hydroxyl groups excluding tert-OH is 1. The first-order valence-electron chi connectivity index (χ1n) is 8.94. The van der Waals surface area contributed by atoms with Gasteiger partial charge in [-0.15, -0.1) is 11.6 Å². The molecule has 1 aliphatic rings. The molecule has 0 aromatic heterocycles. The van der Waals surface area contributed by atoms with Crippen LogP contribution in [0.25, 0.3) is 0 Å². The summed E-state index contributed by atoms with van der Waals surface area (Å²) in [5.74, 6) is 1.02. The van der Waals surface area contributed by atoms with Crippen molar-refractivity contribution in [3.63, 3.8) is 0 Å². The van der Waals surface area contributed by atoms with Crippen LogP contribution in [0.1, 0.15) is 57.9 Å². The molecule has 4 heteroatoms. The highest BCUT2D eigenvalue weighted by molar-refractivity contribution is 6.29. The van der Waals surface area contributed by atoms with E-state index in [9.17, 15) is 9.90 Å². The fourth-order valence-corrected chi connectivity index (χ4v) is 4.04. The van der Waals surface area contributed by atoms with Gasteiger partial charge >= 0.3 is 0 Å². The molecule has 0 radical (unpaired) electrons. The van der Waals surface area contributed by atoms with Gasteiger partial charge in [0.25, 0.3) is 0 Å². The van der Waals surface area contributed by atoms with Crippen molar-refractivity contribution >= 4 is 23.2 Å². The molecule has 0 heterocycles. The average Bonchev–Trinajstić information content (AvgIpc) is 2.58. The molecule has 0 aliphatic heterocycles. The van der Waals surface area contributed by atoms with Gasteiger partial charge in [0.15, 0.2) is 0 Å². The van der Waals surface area contributed by atoms with Crippen LogP contribution in [0.3, 0.4) is 0 Å². The third-order valence-electron chi connectivity index (χ3n) is 5.36. The maximum Gasteiger partial charge on any atom is 0.241 e. The Balaban J connectivity index is 2.21. The maximum absolute atomic E-state index is 12.2. The molecular weight excluding hydrogens is 322 g/mol. The van der Waals surface area contributed by atoms with Crippen molar-refractivity contribution < 1.29 is 9.90 Å². The van der Waals surface area contributed by atoms with E-state index in [0.717, 1.165) is 24.4 Å². The zero-order valence-corrected chi connectivity index (χ0v) is 15.9. The smallest absolute Gasteiger partial charge is 0.241 e. The third-order valence-corrected chi connectivity index (χ3v) is 5.59. The molecule has 1 fully saturated rings. The first-order valence-corrected chi connectivity index (χ1v) is 9.48. The largest absolute Gasteiger partial charge is 0.395 e. The van der Waals surface area contributed by atoms with Crippen molar-refractivity contribution in [2.75, 3.05) is 23.9 Å². The Morgan fingerprint density at radius 2 is 1.83 bits per heavy atom. The summed E-state index contributed by atoms with van der Waals surface area (Å²) in [6, 6.07) is 8.09. The molecule has 1 aliphatic carbocycles. The molecule has 24 heavy (non-hydrogen) atoms. The highest BCUT2D eigenvalue weighted by atomic mass is 35.5. The van der Waals surface area contributed by atoms with Crippen molar-refractivity contribution in [1.29, 1.82) is 0 Å². The quantitative estimate of drug-likeness (QED) is 0.789. The normalized spacial score (nSPS) is 21.5. The van der Waals surface area contributed by atoms with E-state index in [1.165, 1.54) is 18.4 Å². The van der Waals surface area contributed by atoms with E-state index in [0.29, 0.717) is 17.9 Å². The van der Waals surface area contributed by atoms with Gasteiger partial charge in [-0.2, -0.15) is 0 Å². The first-order chi connectivity index (χ1) is 11.4. The lowest BCUT2D eigenvalue weighted by Crippen LogP contribution is -2.35. The Bertz CT molecular complexity index is 545. The lowest BCUT2D eigenvalue weighted by molar-refractivity contribution is -0.116. The molecule has 0 unspecified atom stereocenters. The Morgan fingerprint density at radius 3 is 2.38 bits per heavy atom. The number of para-hydroxylation sites is 1. The van der Waals surface area contributed by atoms with E-state index < -0.39 is 0 Å². The molecule has 134 valence electrons. The standard InChI is InChI=1S/C20H30ClNO2/c1-20(2,3)16-10-8-15(9-11-16)17-6-4-5-7-18(17)22(12-13-23)19(24)14-21/h4-7,15-16,23H,8-14H2,1-3H3. The van der Waals surface area contributed by atoms with Crippen LogP contribution in [-0.2, 0) is 4.79 Å². The highest BCUT2D eigenvalue weighted by Crippen LogP contribution is 2.45. The number of hydrogen-bond donors (Lipinski definition) is 1. The van der Waals surface area contributed by atoms with Gasteiger partial charge in [-0.05, 0) is 54.6 Å². The molecule has 1 amide bonds. The molecule has 0 spiro atoms. The fraction of sp³-hybridized carbons (Fsp3) is 0.650. The number of alkyl halides is 1. The average molecular weight is 352 g/mol. The summed E-state index contributed by atoms with van der Waals surface area (Å²) in [7, 11) is 0. The Labute approximate surface area is 151 Å². The molecule has 2 rings (SSSR count). The maximum atomic E-state index is 12.2. The monoisotopic (exact) mass is 351 g/mol. The van der Waals surface area contributed by atoms with Crippen LogP contribution in [0.5, 0.6) is 0 Å². The van der Waals surface area contributed by atoms with Crippen molar-refractivity contribution in [3.05, 3.63) is 29.8 Å². The molecule has 0 saturated heterocycles. The van der Waals surface area contributed by atoms with Gasteiger partial charge in [0.1, 0.15) is 5.88 Å². The summed E-state index contributed by atoms with van der Waals surface area (Å²) in [5, 5.41) is 9.33. The van der Waals surface area contributed by atoms with Gasteiger partial charge in [0.2, 0.25) is 5.91 Å². The SMILES string of the molecule is CC(C)(C)C1CCC(c2ccccc2N(CCO)C(=O)CCl)CC1. The summed E-state index contributed by atoms with van der Waals surface area (Å²) in [6.07, 6.45) is 4.76. The number of carbonyl (C=O) groups is 1. The minimum Gasteiger partial charge on any atom is -0.395 e. The van der Waals surface area contributed by atoms with Gasteiger partial charge < -0.3 is 10.0 Å². The van der Waals surface area contributed by atoms with Crippen LogP contribution in [0, 0.1) is 11.3 Å². The second kappa shape index (κ2) is 8.35. The Kier molecular flexibility index (Phi) is 6.70. The van der Waals surface area contributed by atoms with E-state index >= 15 is 0 Å². The van der Waals surface area contributed by atoms with Crippen LogP contribution in [0.4, 0.5) is 5.69 Å². The molecule has 1 aromatic carbocycles. The molecule has 0 bridgehead atoms. The lowest BCUT2D eigenvalue weighted by Gasteiger charge is -2.38. The summed E-state index contributed by atoms with van der Waals surface area (Å²) in [6.45, 7) is 7.21. The molecular formula is C20H30ClNO2. The van der Waals surface area contributed by atoms with Gasteiger partial charge in [-0.1, -0.05) is 39.0 Å². The second-order valence-electron chi connectivity index (χ2n) is 7.88. The first kappa shape index (κ1) is 19.3. The third kappa shape index (κ3) is 4.52. The van der Waals surface area contributed by atoms with Crippen LogP contribution >= 0.6 is 11.6 Å². The molecule has 1 N–H and O–H groups in total. The lowest BCUT2D eigenvalue weighted by atomic mass is 9.68. The summed E-state index contributed by atoms with van der Waals surface area (Å²) in [5.41, 5.74) is 2.50. The van der Waals surface area contributed by atoms with Crippen LogP contribution in [0.15, 0.2) is 24.3 Å². The summed E-state index contributed by atoms with van der Waals surface area (Å²) >= 11 is 5.77. The highest BCUT2D eigenvalue weighted by Gasteiger charge is 2.31. The van der Waals surface area contributed by atoms with Crippen LogP contribution in [-0.4, -0.2) is 30.0 Å². The van der Waals surface area contributed by atoms with E-state index in [1.807, 2.05) is 18.2 Å². The Morgan fingerprint density at radius 1 is 1.21 bits per heavy atom. The van der Waals surface area contributed by atoms with Gasteiger partial charge in [-0.25, -0.2) is 0 Å². The van der Waals surface area contributed by atoms with Crippen LogP contribution in [0.2, 0.25) is 0 Å². The van der Waals surface area contributed by atoms with Gasteiger partial charge in [0, 0.05) is 12.2 Å². The number of aliphatic hydroxyl groups is 1. The van der Waals surface area contributed by atoms with Gasteiger partial charge in [0.05, 0.1) is 6.61 Å². The molecule has 1 aromatic rings. The van der Waals surface area contributed by atoms with Crippen molar-refractivity contribution in [3.8, 4) is 0 Å². The van der Waals surface area contributed by atoms with E-state index in [4.69, 9.17) is 11.6 Å². The number of anilines is 1. The number of carbonyl (C=O) groups excluding carboxylic acids is 1. The molecule has 0 atom stereocenters. The van der Waals surface area contributed by atoms with E-state index in [2.05, 4.69) is 26.8 Å². The fourth-order valence-electron chi connectivity index (χ4n) is 3.90. The predicted molar refractivity (Wildman–Crippen MR) is 101 cm³/mol. The van der Waals surface area contributed by atoms with Gasteiger partial charge in [-0.3, -0.25) is 4.79 Å². The predicted octanol–water partition coefficient (Wildman–Crippen LogP) is 4.57. The number of benzene rings is 1. The minimum absolute atomic E-state index is 0.0618. The summed E-state index contributed by atoms with van der Waals surface area (Å²) in [4.78, 5) is 13.8. The van der Waals surface area contributed by atoms with Crippen LogP contribution < -0.4 is 4.90 Å². The molecule has 1 saturated carbocycles. The molecule has 3 nitrogen and oxygen atoms in total. The summed E-state index contributed by atoms with van der Waals surface area (Å²) < 4.78 is 0. The number of hydrogen-bond acceptors (Lipinski definition) is 2. The number of amides is 1. The van der Waals surface area contributed by atoms with Crippen molar-refractivity contribution in [2.24, 2.45) is 11.3 Å². The van der Waals surface area contributed by atoms with E-state index in [1.54, 1.807) is 4.90 Å². The Hall–Kier alpha value is -1.06. The number of rotatable bonds is 5. The number of nitrogens with zero attached hydrogens (tertiary/aromatic N) is 1. The van der Waals surface area contributed by atoms with E-state index in [-0.39, 0.29) is 18.4 Å². The zero-order valence-electron chi connectivity index (χ0n) is 15.1. The zero-order chi connectivity index (χ0) is 17.7.